The highest BCUT2D eigenvalue weighted by atomic mass is 35.5. The maximum absolute atomic E-state index is 12.8. The second-order valence-corrected chi connectivity index (χ2v) is 9.21. The molecule has 0 aromatic heterocycles. The molecule has 4 aliphatic rings. The summed E-state index contributed by atoms with van der Waals surface area (Å²) >= 11 is 12.2. The fourth-order valence-corrected chi connectivity index (χ4v) is 5.32. The molecule has 30 heavy (non-hydrogen) atoms. The number of imide groups is 2. The molecule has 4 atom stereocenters. The van der Waals surface area contributed by atoms with E-state index in [1.807, 2.05) is 0 Å². The number of allylic oxidation sites excluding steroid dienone is 4. The molecular weight excluding hydrogens is 429 g/mol. The zero-order valence-electron chi connectivity index (χ0n) is 16.4. The number of fused-ring (bicyclic) bond motifs is 2. The van der Waals surface area contributed by atoms with Gasteiger partial charge in [-0.2, -0.15) is 0 Å². The van der Waals surface area contributed by atoms with Gasteiger partial charge in [0, 0.05) is 16.6 Å². The van der Waals surface area contributed by atoms with Crippen LogP contribution in [0.5, 0.6) is 0 Å². The summed E-state index contributed by atoms with van der Waals surface area (Å²) in [6.45, 7) is 4.04. The lowest BCUT2D eigenvalue weighted by Crippen LogP contribution is -2.48. The first-order chi connectivity index (χ1) is 14.3. The molecule has 2 aliphatic carbocycles. The maximum atomic E-state index is 12.8. The summed E-state index contributed by atoms with van der Waals surface area (Å²) in [7, 11) is 0. The summed E-state index contributed by atoms with van der Waals surface area (Å²) in [5.41, 5.74) is 0. The molecule has 9 heteroatoms. The Morgan fingerprint density at radius 3 is 1.63 bits per heavy atom. The van der Waals surface area contributed by atoms with E-state index in [0.717, 1.165) is 0 Å². The minimum Gasteiger partial charge on any atom is -0.274 e. The molecule has 0 aromatic carbocycles. The lowest BCUT2D eigenvalue weighted by molar-refractivity contribution is -0.145. The Morgan fingerprint density at radius 2 is 1.23 bits per heavy atom. The van der Waals surface area contributed by atoms with Crippen molar-refractivity contribution in [2.24, 2.45) is 23.7 Å². The highest BCUT2D eigenvalue weighted by Gasteiger charge is 2.50. The molecule has 7 nitrogen and oxygen atoms in total. The number of carbonyl (C=O) groups is 4. The van der Waals surface area contributed by atoms with Gasteiger partial charge >= 0.3 is 0 Å². The third-order valence-electron chi connectivity index (χ3n) is 6.39. The number of hydrogen-bond donors (Lipinski definition) is 0. The van der Waals surface area contributed by atoms with Crippen LogP contribution in [0.2, 0.25) is 0 Å². The number of nitrogens with zero attached hydrogens (tertiary/aromatic N) is 3. The zero-order valence-corrected chi connectivity index (χ0v) is 17.9. The van der Waals surface area contributed by atoms with Gasteiger partial charge in [0.05, 0.1) is 37.0 Å². The Kier molecular flexibility index (Phi) is 5.88. The molecular formula is C21H23Cl2N3O4. The summed E-state index contributed by atoms with van der Waals surface area (Å²) in [5, 5.41) is 1.20. The second-order valence-electron chi connectivity index (χ2n) is 8.24. The molecule has 4 rings (SSSR count). The average Bonchev–Trinajstić information content (AvgIpc) is 3.08. The van der Waals surface area contributed by atoms with Gasteiger partial charge in [-0.3, -0.25) is 33.9 Å². The van der Waals surface area contributed by atoms with Crippen molar-refractivity contribution in [1.29, 1.82) is 0 Å². The quantitative estimate of drug-likeness (QED) is 0.457. The largest absolute Gasteiger partial charge is 0.274 e. The van der Waals surface area contributed by atoms with Crippen LogP contribution in [0.25, 0.3) is 0 Å². The van der Waals surface area contributed by atoms with Crippen LogP contribution in [-0.4, -0.2) is 58.2 Å². The van der Waals surface area contributed by atoms with E-state index in [2.05, 4.69) is 6.58 Å². The normalized spacial score (nSPS) is 31.2. The number of carbonyl (C=O) groups excluding carboxylic acids is 4. The third-order valence-corrected chi connectivity index (χ3v) is 7.01. The molecule has 0 radical (unpaired) electrons. The number of hydrogen-bond acceptors (Lipinski definition) is 5. The molecule has 2 heterocycles. The van der Waals surface area contributed by atoms with E-state index in [1.165, 1.54) is 9.80 Å². The van der Waals surface area contributed by atoms with Gasteiger partial charge in [-0.15, -0.1) is 6.58 Å². The zero-order chi connectivity index (χ0) is 21.6. The van der Waals surface area contributed by atoms with Crippen molar-refractivity contribution in [2.45, 2.75) is 25.7 Å². The van der Waals surface area contributed by atoms with E-state index in [9.17, 15) is 19.2 Å². The SMILES string of the molecule is C=CCN(CN1C(=O)C2CC=C(Cl)CC2C1=O)CN1C(=O)C2CC=C(Cl)CC2C1=O. The lowest BCUT2D eigenvalue weighted by atomic mass is 9.85. The predicted molar refractivity (Wildman–Crippen MR) is 111 cm³/mol. The summed E-state index contributed by atoms with van der Waals surface area (Å²) in [6, 6.07) is 0. The molecule has 2 fully saturated rings. The van der Waals surface area contributed by atoms with Crippen LogP contribution in [-0.2, 0) is 19.2 Å². The van der Waals surface area contributed by atoms with Crippen molar-refractivity contribution in [3.05, 3.63) is 34.9 Å². The summed E-state index contributed by atoms with van der Waals surface area (Å²) in [6.07, 6.45) is 6.85. The van der Waals surface area contributed by atoms with Gasteiger partial charge in [0.15, 0.2) is 0 Å². The van der Waals surface area contributed by atoms with E-state index in [4.69, 9.17) is 23.2 Å². The van der Waals surface area contributed by atoms with Crippen LogP contribution in [0, 0.1) is 23.7 Å². The number of halogens is 2. The third kappa shape index (κ3) is 3.63. The highest BCUT2D eigenvalue weighted by molar-refractivity contribution is 6.30. The topological polar surface area (TPSA) is 78.0 Å². The van der Waals surface area contributed by atoms with E-state index in [1.54, 1.807) is 23.1 Å². The molecule has 0 spiro atoms. The Bertz CT molecular complexity index is 817. The minimum absolute atomic E-state index is 0.000292. The van der Waals surface area contributed by atoms with E-state index in [-0.39, 0.29) is 37.0 Å². The molecule has 4 unspecified atom stereocenters. The summed E-state index contributed by atoms with van der Waals surface area (Å²) in [5.74, 6) is -2.64. The van der Waals surface area contributed by atoms with Crippen molar-refractivity contribution in [3.8, 4) is 0 Å². The summed E-state index contributed by atoms with van der Waals surface area (Å²) in [4.78, 5) is 55.5. The van der Waals surface area contributed by atoms with Gasteiger partial charge in [0.1, 0.15) is 0 Å². The number of rotatable bonds is 6. The number of amides is 4. The fraction of sp³-hybridized carbons (Fsp3) is 0.524. The first kappa shape index (κ1) is 21.3. The molecule has 4 amide bonds. The van der Waals surface area contributed by atoms with Crippen LogP contribution in [0.15, 0.2) is 34.9 Å². The monoisotopic (exact) mass is 451 g/mol. The van der Waals surface area contributed by atoms with Gasteiger partial charge < -0.3 is 0 Å². The molecule has 2 saturated heterocycles. The van der Waals surface area contributed by atoms with Crippen LogP contribution in [0.3, 0.4) is 0 Å². The lowest BCUT2D eigenvalue weighted by Gasteiger charge is -2.29. The van der Waals surface area contributed by atoms with Gasteiger partial charge in [-0.05, 0) is 25.7 Å². The van der Waals surface area contributed by atoms with E-state index < -0.39 is 23.7 Å². The fourth-order valence-electron chi connectivity index (χ4n) is 4.81. The first-order valence-corrected chi connectivity index (χ1v) is 10.8. The van der Waals surface area contributed by atoms with E-state index >= 15 is 0 Å². The van der Waals surface area contributed by atoms with Crippen LogP contribution in [0.1, 0.15) is 25.7 Å². The Hall–Kier alpha value is -1.96. The van der Waals surface area contributed by atoms with Crippen LogP contribution >= 0.6 is 23.2 Å². The van der Waals surface area contributed by atoms with Crippen molar-refractivity contribution in [3.63, 3.8) is 0 Å². The Labute approximate surface area is 184 Å². The average molecular weight is 452 g/mol. The van der Waals surface area contributed by atoms with Gasteiger partial charge in [-0.25, -0.2) is 0 Å². The van der Waals surface area contributed by atoms with Crippen molar-refractivity contribution in [2.75, 3.05) is 19.9 Å². The first-order valence-electron chi connectivity index (χ1n) is 10.0. The molecule has 0 aromatic rings. The molecule has 0 bridgehead atoms. The van der Waals surface area contributed by atoms with Crippen LogP contribution < -0.4 is 0 Å². The van der Waals surface area contributed by atoms with Gasteiger partial charge in [0.2, 0.25) is 23.6 Å². The van der Waals surface area contributed by atoms with Crippen molar-refractivity contribution in [1.82, 2.24) is 14.7 Å². The molecule has 160 valence electrons. The Balaban J connectivity index is 1.47. The van der Waals surface area contributed by atoms with Crippen molar-refractivity contribution >= 4 is 46.8 Å². The standard InChI is InChI=1S/C21H23Cl2N3O4/c1-2-7-24(10-25-18(27)14-5-3-12(22)8-16(14)20(25)29)11-26-19(28)15-6-4-13(23)9-17(15)21(26)30/h2-4,14-17H,1,5-11H2. The maximum Gasteiger partial charge on any atom is 0.234 e. The highest BCUT2D eigenvalue weighted by Crippen LogP contribution is 2.40. The Morgan fingerprint density at radius 1 is 0.833 bits per heavy atom. The van der Waals surface area contributed by atoms with Crippen LogP contribution in [0.4, 0.5) is 0 Å². The molecule has 2 aliphatic heterocycles. The van der Waals surface area contributed by atoms with Gasteiger partial charge in [-0.1, -0.05) is 41.4 Å². The molecule has 0 saturated carbocycles. The van der Waals surface area contributed by atoms with E-state index in [0.29, 0.717) is 42.3 Å². The predicted octanol–water partition coefficient (Wildman–Crippen LogP) is 2.42. The van der Waals surface area contributed by atoms with Gasteiger partial charge in [0.25, 0.3) is 0 Å². The van der Waals surface area contributed by atoms with Crippen molar-refractivity contribution < 1.29 is 19.2 Å². The number of likely N-dealkylation sites (tertiary alicyclic amines) is 2. The smallest absolute Gasteiger partial charge is 0.234 e. The second kappa shape index (κ2) is 8.29. The summed E-state index contributed by atoms with van der Waals surface area (Å²) < 4.78 is 0. The minimum atomic E-state index is -0.438. The molecule has 0 N–H and O–H groups in total.